The van der Waals surface area contributed by atoms with Crippen molar-refractivity contribution in [1.29, 1.82) is 5.41 Å². The van der Waals surface area contributed by atoms with Crippen molar-refractivity contribution < 1.29 is 19.3 Å². The Morgan fingerprint density at radius 2 is 2.12 bits per heavy atom. The van der Waals surface area contributed by atoms with Gasteiger partial charge in [-0.15, -0.1) is 0 Å². The van der Waals surface area contributed by atoms with Crippen molar-refractivity contribution in [1.82, 2.24) is 10.3 Å². The largest absolute Gasteiger partial charge is 0.512 e. The lowest BCUT2D eigenvalue weighted by molar-refractivity contribution is -0.113. The molecule has 0 aliphatic heterocycles. The van der Waals surface area contributed by atoms with Crippen LogP contribution in [0.4, 0.5) is 0 Å². The summed E-state index contributed by atoms with van der Waals surface area (Å²) in [5.41, 5.74) is -0.422. The molecule has 7 heteroatoms. The number of carbonyl (C=O) groups is 1. The van der Waals surface area contributed by atoms with Gasteiger partial charge >= 0.3 is 0 Å². The van der Waals surface area contributed by atoms with Crippen molar-refractivity contribution in [2.45, 2.75) is 20.8 Å². The second-order valence-electron chi connectivity index (χ2n) is 3.24. The number of rotatable bonds is 5. The topological polar surface area (TPSA) is 109 Å². The number of allylic oxidation sites excluding steroid dienone is 2. The van der Waals surface area contributed by atoms with Gasteiger partial charge in [0.05, 0.1) is 12.2 Å². The lowest BCUT2D eigenvalue weighted by Crippen LogP contribution is -2.14. The van der Waals surface area contributed by atoms with Gasteiger partial charge in [-0.1, -0.05) is 0 Å². The Labute approximate surface area is 97.6 Å². The summed E-state index contributed by atoms with van der Waals surface area (Å²) in [5.74, 6) is -0.675. The van der Waals surface area contributed by atoms with Crippen LogP contribution in [-0.2, 0) is 4.79 Å². The average molecular weight is 239 g/mol. The standard InChI is InChI=1S/C10H13N3O4/c1-4-16-10-9(12-17-13-10)8(11)7(5(2)14)6(3)15/h11,14H,4H2,1-3H3. The molecule has 0 bridgehead atoms. The Hall–Kier alpha value is -2.18. The molecule has 0 spiro atoms. The maximum absolute atomic E-state index is 11.3. The third-order valence-electron chi connectivity index (χ3n) is 1.94. The number of aliphatic hydroxyl groups excluding tert-OH is 1. The summed E-state index contributed by atoms with van der Waals surface area (Å²) in [4.78, 5) is 11.3. The number of aromatic nitrogens is 2. The predicted molar refractivity (Wildman–Crippen MR) is 58.3 cm³/mol. The minimum Gasteiger partial charge on any atom is -0.512 e. The molecule has 0 radical (unpaired) electrons. The normalized spacial score (nSPS) is 11.9. The number of ketones is 1. The number of ether oxygens (including phenoxy) is 1. The number of nitrogens with one attached hydrogen (secondary N) is 1. The smallest absolute Gasteiger partial charge is 0.285 e. The monoisotopic (exact) mass is 239 g/mol. The van der Waals surface area contributed by atoms with Crippen molar-refractivity contribution in [3.8, 4) is 5.88 Å². The summed E-state index contributed by atoms with van der Waals surface area (Å²) >= 11 is 0. The molecule has 0 saturated heterocycles. The highest BCUT2D eigenvalue weighted by atomic mass is 16.6. The summed E-state index contributed by atoms with van der Waals surface area (Å²) in [6.45, 7) is 4.63. The first kappa shape index (κ1) is 12.9. The summed E-state index contributed by atoms with van der Waals surface area (Å²) < 4.78 is 9.53. The predicted octanol–water partition coefficient (Wildman–Crippen LogP) is 1.26. The molecule has 17 heavy (non-hydrogen) atoms. The molecule has 0 aliphatic rings. The first-order valence-corrected chi connectivity index (χ1v) is 4.94. The van der Waals surface area contributed by atoms with Crippen LogP contribution in [0.5, 0.6) is 5.88 Å². The van der Waals surface area contributed by atoms with Gasteiger partial charge in [-0.25, -0.2) is 4.63 Å². The van der Waals surface area contributed by atoms with Crippen LogP contribution in [0.1, 0.15) is 26.5 Å². The minimum absolute atomic E-state index is 0.00884. The van der Waals surface area contributed by atoms with Crippen LogP contribution in [-0.4, -0.2) is 33.5 Å². The van der Waals surface area contributed by atoms with Gasteiger partial charge < -0.3 is 9.84 Å². The van der Waals surface area contributed by atoms with Crippen molar-refractivity contribution in [3.05, 3.63) is 17.0 Å². The highest BCUT2D eigenvalue weighted by Crippen LogP contribution is 2.18. The molecule has 1 rings (SSSR count). The molecule has 7 nitrogen and oxygen atoms in total. The van der Waals surface area contributed by atoms with Crippen LogP contribution in [0.2, 0.25) is 0 Å². The Balaban J connectivity index is 3.16. The maximum atomic E-state index is 11.3. The Bertz CT molecular complexity index is 472. The van der Waals surface area contributed by atoms with E-state index >= 15 is 0 Å². The first-order chi connectivity index (χ1) is 7.99. The number of Topliss-reactive ketones (excluding diaryl/α,β-unsaturated/α-hetero) is 1. The Morgan fingerprint density at radius 3 is 2.59 bits per heavy atom. The molecule has 1 aromatic rings. The number of hydrogen-bond donors (Lipinski definition) is 2. The molecule has 0 atom stereocenters. The number of hydrogen-bond acceptors (Lipinski definition) is 7. The van der Waals surface area contributed by atoms with E-state index in [2.05, 4.69) is 14.9 Å². The first-order valence-electron chi connectivity index (χ1n) is 4.94. The second-order valence-corrected chi connectivity index (χ2v) is 3.24. The lowest BCUT2D eigenvalue weighted by atomic mass is 10.0. The van der Waals surface area contributed by atoms with E-state index in [1.54, 1.807) is 6.92 Å². The SMILES string of the molecule is CCOc1nonc1C(=N)C(C(C)=O)=C(C)O. The van der Waals surface area contributed by atoms with E-state index in [0.29, 0.717) is 6.61 Å². The molecule has 1 heterocycles. The van der Waals surface area contributed by atoms with E-state index in [9.17, 15) is 9.90 Å². The number of nitrogens with zero attached hydrogens (tertiary/aromatic N) is 2. The van der Waals surface area contributed by atoms with Crippen molar-refractivity contribution in [2.24, 2.45) is 0 Å². The highest BCUT2D eigenvalue weighted by molar-refractivity contribution is 6.27. The van der Waals surface area contributed by atoms with Gasteiger partial charge in [0, 0.05) is 0 Å². The Morgan fingerprint density at radius 1 is 1.47 bits per heavy atom. The molecule has 0 fully saturated rings. The van der Waals surface area contributed by atoms with E-state index in [4.69, 9.17) is 10.1 Å². The lowest BCUT2D eigenvalue weighted by Gasteiger charge is -2.05. The average Bonchev–Trinajstić information content (AvgIpc) is 2.65. The zero-order valence-corrected chi connectivity index (χ0v) is 9.77. The van der Waals surface area contributed by atoms with E-state index in [0.717, 1.165) is 0 Å². The van der Waals surface area contributed by atoms with Crippen LogP contribution >= 0.6 is 0 Å². The quantitative estimate of drug-likeness (QED) is 0.454. The van der Waals surface area contributed by atoms with Gasteiger partial charge in [-0.2, -0.15) is 0 Å². The van der Waals surface area contributed by atoms with Gasteiger partial charge in [-0.05, 0) is 31.1 Å². The van der Waals surface area contributed by atoms with Crippen molar-refractivity contribution >= 4 is 11.5 Å². The van der Waals surface area contributed by atoms with Gasteiger partial charge in [0.25, 0.3) is 5.88 Å². The van der Waals surface area contributed by atoms with Crippen molar-refractivity contribution in [3.63, 3.8) is 0 Å². The fourth-order valence-electron chi connectivity index (χ4n) is 1.29. The minimum atomic E-state index is -0.444. The van der Waals surface area contributed by atoms with Crippen LogP contribution in [0.15, 0.2) is 16.0 Å². The fraction of sp³-hybridized carbons (Fsp3) is 0.400. The molecule has 1 aromatic heterocycles. The molecular formula is C10H13N3O4. The summed E-state index contributed by atoms with van der Waals surface area (Å²) in [6, 6.07) is 0. The van der Waals surface area contributed by atoms with E-state index in [-0.39, 0.29) is 28.6 Å². The third-order valence-corrected chi connectivity index (χ3v) is 1.94. The van der Waals surface area contributed by atoms with Crippen LogP contribution < -0.4 is 4.74 Å². The van der Waals surface area contributed by atoms with Gasteiger partial charge in [0.1, 0.15) is 11.5 Å². The summed E-state index contributed by atoms with van der Waals surface area (Å²) in [5, 5.41) is 24.1. The summed E-state index contributed by atoms with van der Waals surface area (Å²) in [6.07, 6.45) is 0. The molecule has 0 amide bonds. The molecule has 0 saturated carbocycles. The van der Waals surface area contributed by atoms with Crippen LogP contribution in [0, 0.1) is 5.41 Å². The highest BCUT2D eigenvalue weighted by Gasteiger charge is 2.23. The third kappa shape index (κ3) is 2.68. The maximum Gasteiger partial charge on any atom is 0.285 e. The number of aliphatic hydroxyl groups is 1. The van der Waals surface area contributed by atoms with E-state index in [1.807, 2.05) is 0 Å². The van der Waals surface area contributed by atoms with Gasteiger partial charge in [0.2, 0.25) is 0 Å². The zero-order valence-electron chi connectivity index (χ0n) is 9.77. The molecule has 0 aliphatic carbocycles. The molecule has 2 N–H and O–H groups in total. The second kappa shape index (κ2) is 5.24. The molecule has 0 aromatic carbocycles. The van der Waals surface area contributed by atoms with E-state index < -0.39 is 5.78 Å². The Kier molecular flexibility index (Phi) is 3.97. The van der Waals surface area contributed by atoms with Crippen molar-refractivity contribution in [2.75, 3.05) is 6.61 Å². The van der Waals surface area contributed by atoms with Crippen LogP contribution in [0.25, 0.3) is 0 Å². The van der Waals surface area contributed by atoms with Gasteiger partial charge in [-0.3, -0.25) is 10.2 Å². The number of carbonyl (C=O) groups excluding carboxylic acids is 1. The van der Waals surface area contributed by atoms with Gasteiger partial charge in [0.15, 0.2) is 11.5 Å². The van der Waals surface area contributed by atoms with E-state index in [1.165, 1.54) is 13.8 Å². The molecular weight excluding hydrogens is 226 g/mol. The van der Waals surface area contributed by atoms with Crippen LogP contribution in [0.3, 0.4) is 0 Å². The summed E-state index contributed by atoms with van der Waals surface area (Å²) in [7, 11) is 0. The zero-order chi connectivity index (χ0) is 13.0. The fourth-order valence-corrected chi connectivity index (χ4v) is 1.29. The molecule has 0 unspecified atom stereocenters. The molecule has 92 valence electrons.